The Morgan fingerprint density at radius 2 is 1.57 bits per heavy atom. The van der Waals surface area contributed by atoms with Gasteiger partial charge in [-0.15, -0.1) is 0 Å². The minimum atomic E-state index is -0.199. The Hall–Kier alpha value is -1.33. The lowest BCUT2D eigenvalue weighted by Crippen LogP contribution is -2.06. The average Bonchev–Trinajstić information content (AvgIpc) is 2.76. The largest absolute Gasteiger partial charge is 0.469 e. The molecule has 1 aromatic heterocycles. The topological polar surface area (TPSA) is 31.2 Å². The van der Waals surface area contributed by atoms with Crippen LogP contribution in [-0.2, 0) is 16.1 Å². The van der Waals surface area contributed by atoms with Crippen LogP contribution in [0.4, 0.5) is 0 Å². The van der Waals surface area contributed by atoms with Crippen molar-refractivity contribution in [2.45, 2.75) is 13.0 Å². The first kappa shape index (κ1) is 14.6. The third-order valence-corrected chi connectivity index (χ3v) is 4.55. The number of halogens is 2. The molecule has 21 heavy (non-hydrogen) atoms. The molecule has 0 unspecified atom stereocenters. The summed E-state index contributed by atoms with van der Waals surface area (Å²) < 4.78 is 8.96. The zero-order chi connectivity index (χ0) is 15.0. The van der Waals surface area contributed by atoms with Gasteiger partial charge in [0.05, 0.1) is 24.6 Å². The number of ether oxygens (including phenoxy) is 1. The van der Waals surface area contributed by atoms with E-state index in [1.54, 1.807) is 0 Å². The van der Waals surface area contributed by atoms with Crippen LogP contribution < -0.4 is 0 Å². The minimum Gasteiger partial charge on any atom is -0.469 e. The quantitative estimate of drug-likeness (QED) is 0.576. The van der Waals surface area contributed by atoms with Gasteiger partial charge in [-0.05, 0) is 24.3 Å². The third-order valence-electron chi connectivity index (χ3n) is 3.56. The van der Waals surface area contributed by atoms with Crippen LogP contribution in [-0.4, -0.2) is 17.6 Å². The average molecular weight is 411 g/mol. The molecule has 3 aromatic rings. The van der Waals surface area contributed by atoms with Crippen molar-refractivity contribution in [3.63, 3.8) is 0 Å². The predicted octanol–water partition coefficient (Wildman–Crippen LogP) is 4.88. The molecule has 0 fully saturated rings. The Bertz CT molecular complexity index is 780. The number of rotatable bonds is 3. The van der Waals surface area contributed by atoms with Gasteiger partial charge in [0, 0.05) is 26.3 Å². The van der Waals surface area contributed by atoms with E-state index in [0.717, 1.165) is 20.0 Å². The lowest BCUT2D eigenvalue weighted by molar-refractivity contribution is -0.140. The van der Waals surface area contributed by atoms with Crippen molar-refractivity contribution >= 4 is 59.6 Å². The first-order chi connectivity index (χ1) is 10.1. The second-order valence-electron chi connectivity index (χ2n) is 4.80. The van der Waals surface area contributed by atoms with Crippen molar-refractivity contribution < 1.29 is 9.53 Å². The molecule has 3 rings (SSSR count). The van der Waals surface area contributed by atoms with E-state index in [1.807, 2.05) is 12.1 Å². The van der Waals surface area contributed by atoms with E-state index in [1.165, 1.54) is 17.9 Å². The SMILES string of the molecule is COC(=O)CCn1c2cc(Br)ccc2c2ccc(Br)cc21. The summed E-state index contributed by atoms with van der Waals surface area (Å²) in [6.07, 6.45) is 0.356. The number of fused-ring (bicyclic) bond motifs is 3. The predicted molar refractivity (Wildman–Crippen MR) is 91.5 cm³/mol. The molecule has 0 spiro atoms. The van der Waals surface area contributed by atoms with Crippen LogP contribution in [0.25, 0.3) is 21.8 Å². The van der Waals surface area contributed by atoms with Crippen LogP contribution in [0.2, 0.25) is 0 Å². The van der Waals surface area contributed by atoms with Gasteiger partial charge in [0.15, 0.2) is 0 Å². The molecule has 0 aliphatic rings. The minimum absolute atomic E-state index is 0.199. The number of carbonyl (C=O) groups excluding carboxylic acids is 1. The van der Waals surface area contributed by atoms with Gasteiger partial charge in [0.1, 0.15) is 0 Å². The Labute approximate surface area is 139 Å². The van der Waals surface area contributed by atoms with Crippen molar-refractivity contribution in [1.29, 1.82) is 0 Å². The second-order valence-corrected chi connectivity index (χ2v) is 6.63. The highest BCUT2D eigenvalue weighted by atomic mass is 79.9. The maximum atomic E-state index is 11.5. The van der Waals surface area contributed by atoms with Crippen LogP contribution in [0.15, 0.2) is 45.3 Å². The molecular weight excluding hydrogens is 398 g/mol. The zero-order valence-electron chi connectivity index (χ0n) is 11.4. The van der Waals surface area contributed by atoms with Gasteiger partial charge in [-0.2, -0.15) is 0 Å². The Morgan fingerprint density at radius 3 is 2.05 bits per heavy atom. The van der Waals surface area contributed by atoms with Crippen molar-refractivity contribution in [1.82, 2.24) is 4.57 Å². The molecule has 0 amide bonds. The van der Waals surface area contributed by atoms with Crippen LogP contribution in [0.1, 0.15) is 6.42 Å². The lowest BCUT2D eigenvalue weighted by atomic mass is 10.2. The van der Waals surface area contributed by atoms with Crippen molar-refractivity contribution in [2.24, 2.45) is 0 Å². The number of aryl methyl sites for hydroxylation is 1. The van der Waals surface area contributed by atoms with E-state index in [0.29, 0.717) is 13.0 Å². The number of carbonyl (C=O) groups is 1. The molecule has 0 atom stereocenters. The van der Waals surface area contributed by atoms with Gasteiger partial charge in [-0.3, -0.25) is 4.79 Å². The van der Waals surface area contributed by atoms with Crippen molar-refractivity contribution in [2.75, 3.05) is 7.11 Å². The summed E-state index contributed by atoms with van der Waals surface area (Å²) in [5.41, 5.74) is 2.22. The number of esters is 1. The van der Waals surface area contributed by atoms with Gasteiger partial charge < -0.3 is 9.30 Å². The van der Waals surface area contributed by atoms with Crippen LogP contribution >= 0.6 is 31.9 Å². The fourth-order valence-corrected chi connectivity index (χ4v) is 3.29. The molecular formula is C16H13Br2NO2. The Morgan fingerprint density at radius 1 is 1.05 bits per heavy atom. The fraction of sp³-hybridized carbons (Fsp3) is 0.188. The van der Waals surface area contributed by atoms with Gasteiger partial charge in [-0.25, -0.2) is 0 Å². The molecule has 0 bridgehead atoms. The highest BCUT2D eigenvalue weighted by Crippen LogP contribution is 2.32. The summed E-state index contributed by atoms with van der Waals surface area (Å²) in [7, 11) is 1.42. The summed E-state index contributed by atoms with van der Waals surface area (Å²) in [5, 5.41) is 2.37. The molecule has 0 aliphatic carbocycles. The molecule has 0 aliphatic heterocycles. The highest BCUT2D eigenvalue weighted by Gasteiger charge is 2.12. The number of benzene rings is 2. The van der Waals surface area contributed by atoms with Gasteiger partial charge in [0.25, 0.3) is 0 Å². The lowest BCUT2D eigenvalue weighted by Gasteiger charge is -2.07. The number of nitrogens with zero attached hydrogens (tertiary/aromatic N) is 1. The molecule has 0 radical (unpaired) electrons. The third kappa shape index (κ3) is 2.72. The normalized spacial score (nSPS) is 11.2. The van der Waals surface area contributed by atoms with E-state index in [4.69, 9.17) is 4.74 Å². The summed E-state index contributed by atoms with van der Waals surface area (Å²) in [6.45, 7) is 0.597. The fourth-order valence-electron chi connectivity index (χ4n) is 2.59. The summed E-state index contributed by atoms with van der Waals surface area (Å²) in [4.78, 5) is 11.5. The van der Waals surface area contributed by atoms with E-state index < -0.39 is 0 Å². The summed E-state index contributed by atoms with van der Waals surface area (Å²) in [5.74, 6) is -0.199. The molecule has 5 heteroatoms. The van der Waals surface area contributed by atoms with Crippen LogP contribution in [0.3, 0.4) is 0 Å². The van der Waals surface area contributed by atoms with E-state index in [9.17, 15) is 4.79 Å². The number of methoxy groups -OCH3 is 1. The number of hydrogen-bond donors (Lipinski definition) is 0. The van der Waals surface area contributed by atoms with Gasteiger partial charge in [-0.1, -0.05) is 44.0 Å². The molecule has 0 saturated carbocycles. The molecule has 0 saturated heterocycles. The maximum absolute atomic E-state index is 11.5. The smallest absolute Gasteiger partial charge is 0.307 e. The monoisotopic (exact) mass is 409 g/mol. The van der Waals surface area contributed by atoms with Crippen molar-refractivity contribution in [3.8, 4) is 0 Å². The van der Waals surface area contributed by atoms with E-state index in [-0.39, 0.29) is 5.97 Å². The second kappa shape index (κ2) is 5.81. The first-order valence-corrected chi connectivity index (χ1v) is 8.12. The standard InChI is InChI=1S/C16H13Br2NO2/c1-21-16(20)6-7-19-14-8-10(17)2-4-12(14)13-5-3-11(18)9-15(13)19/h2-5,8-9H,6-7H2,1H3. The number of hydrogen-bond acceptors (Lipinski definition) is 2. The maximum Gasteiger partial charge on any atom is 0.307 e. The first-order valence-electron chi connectivity index (χ1n) is 6.54. The van der Waals surface area contributed by atoms with E-state index >= 15 is 0 Å². The molecule has 0 N–H and O–H groups in total. The van der Waals surface area contributed by atoms with Crippen molar-refractivity contribution in [3.05, 3.63) is 45.3 Å². The zero-order valence-corrected chi connectivity index (χ0v) is 14.6. The molecule has 3 nitrogen and oxygen atoms in total. The van der Waals surface area contributed by atoms with Crippen LogP contribution in [0, 0.1) is 0 Å². The molecule has 108 valence electrons. The molecule has 1 heterocycles. The Kier molecular flexibility index (Phi) is 4.04. The number of aromatic nitrogens is 1. The van der Waals surface area contributed by atoms with E-state index in [2.05, 4.69) is 60.7 Å². The van der Waals surface area contributed by atoms with Crippen LogP contribution in [0.5, 0.6) is 0 Å². The summed E-state index contributed by atoms with van der Waals surface area (Å²) >= 11 is 7.04. The van der Waals surface area contributed by atoms with Gasteiger partial charge in [0.2, 0.25) is 0 Å². The molecule has 2 aromatic carbocycles. The Balaban J connectivity index is 2.23. The summed E-state index contributed by atoms with van der Waals surface area (Å²) in [6, 6.07) is 12.4. The highest BCUT2D eigenvalue weighted by molar-refractivity contribution is 9.10. The van der Waals surface area contributed by atoms with Gasteiger partial charge >= 0.3 is 5.97 Å².